The van der Waals surface area contributed by atoms with Gasteiger partial charge in [0, 0.05) is 39.9 Å². The van der Waals surface area contributed by atoms with Gasteiger partial charge in [-0.2, -0.15) is 9.13 Å². The SMILES string of the molecule is Brc1c(C[n+]2ccccc2C2OCCO2)cccc1C[n+]1ccccc1C1OCCO1.[Br-].[Br-]. The summed E-state index contributed by atoms with van der Waals surface area (Å²) in [5, 5.41) is 0. The van der Waals surface area contributed by atoms with E-state index in [4.69, 9.17) is 18.9 Å². The summed E-state index contributed by atoms with van der Waals surface area (Å²) < 4.78 is 28.4. The summed E-state index contributed by atoms with van der Waals surface area (Å²) in [6.07, 6.45) is 3.52. The molecule has 2 aliphatic heterocycles. The first-order chi connectivity index (χ1) is 15.3. The van der Waals surface area contributed by atoms with Gasteiger partial charge in [-0.25, -0.2) is 0 Å². The Morgan fingerprint density at radius 1 is 0.636 bits per heavy atom. The van der Waals surface area contributed by atoms with Crippen molar-refractivity contribution in [2.75, 3.05) is 26.4 Å². The first kappa shape index (κ1) is 26.4. The number of nitrogens with zero attached hydrogens (tertiary/aromatic N) is 2. The number of rotatable bonds is 6. The van der Waals surface area contributed by atoms with Gasteiger partial charge in [0.15, 0.2) is 25.5 Å². The molecule has 0 saturated carbocycles. The first-order valence-corrected chi connectivity index (χ1v) is 11.3. The fraction of sp³-hybridized carbons (Fsp3) is 0.333. The van der Waals surface area contributed by atoms with Gasteiger partial charge in [0.1, 0.15) is 0 Å². The minimum atomic E-state index is -0.308. The molecule has 9 heteroatoms. The van der Waals surface area contributed by atoms with Crippen LogP contribution in [0.1, 0.15) is 35.1 Å². The third kappa shape index (κ3) is 6.08. The molecule has 2 aliphatic rings. The highest BCUT2D eigenvalue weighted by molar-refractivity contribution is 9.10. The number of benzene rings is 1. The third-order valence-corrected chi connectivity index (χ3v) is 6.54. The van der Waals surface area contributed by atoms with E-state index in [1.807, 2.05) is 24.3 Å². The van der Waals surface area contributed by atoms with Crippen molar-refractivity contribution in [2.24, 2.45) is 0 Å². The first-order valence-electron chi connectivity index (χ1n) is 10.5. The Kier molecular flexibility index (Phi) is 9.99. The van der Waals surface area contributed by atoms with Crippen LogP contribution in [0.25, 0.3) is 0 Å². The smallest absolute Gasteiger partial charge is 0.245 e. The summed E-state index contributed by atoms with van der Waals surface area (Å²) >= 11 is 3.86. The maximum Gasteiger partial charge on any atom is 0.245 e. The maximum atomic E-state index is 5.73. The van der Waals surface area contributed by atoms with Gasteiger partial charge >= 0.3 is 0 Å². The molecule has 33 heavy (non-hydrogen) atoms. The zero-order valence-corrected chi connectivity index (χ0v) is 22.7. The molecule has 2 saturated heterocycles. The lowest BCUT2D eigenvalue weighted by Crippen LogP contribution is -3.00. The fourth-order valence-corrected chi connectivity index (χ4v) is 4.51. The van der Waals surface area contributed by atoms with Gasteiger partial charge in [0.2, 0.25) is 24.0 Å². The van der Waals surface area contributed by atoms with E-state index < -0.39 is 0 Å². The van der Waals surface area contributed by atoms with E-state index >= 15 is 0 Å². The van der Waals surface area contributed by atoms with Crippen LogP contribution in [0.2, 0.25) is 0 Å². The molecule has 3 aromatic rings. The van der Waals surface area contributed by atoms with Gasteiger partial charge in [-0.1, -0.05) is 18.2 Å². The van der Waals surface area contributed by atoms with Crippen LogP contribution >= 0.6 is 15.9 Å². The van der Waals surface area contributed by atoms with E-state index in [9.17, 15) is 0 Å². The second kappa shape index (κ2) is 12.5. The molecule has 0 aliphatic carbocycles. The summed E-state index contributed by atoms with van der Waals surface area (Å²) in [7, 11) is 0. The number of pyridine rings is 2. The molecule has 0 bridgehead atoms. The number of hydrogen-bond acceptors (Lipinski definition) is 4. The molecular weight excluding hydrogens is 620 g/mol. The zero-order valence-electron chi connectivity index (χ0n) is 17.9. The van der Waals surface area contributed by atoms with Crippen LogP contribution in [0.3, 0.4) is 0 Å². The van der Waals surface area contributed by atoms with E-state index in [0.717, 1.165) is 29.0 Å². The van der Waals surface area contributed by atoms with Crippen molar-refractivity contribution in [2.45, 2.75) is 25.7 Å². The summed E-state index contributed by atoms with van der Waals surface area (Å²) in [5.41, 5.74) is 4.43. The summed E-state index contributed by atoms with van der Waals surface area (Å²) in [5.74, 6) is 0. The number of hydrogen-bond donors (Lipinski definition) is 0. The highest BCUT2D eigenvalue weighted by Crippen LogP contribution is 2.25. The number of aromatic nitrogens is 2. The highest BCUT2D eigenvalue weighted by Gasteiger charge is 2.29. The molecule has 1 aromatic carbocycles. The fourth-order valence-electron chi connectivity index (χ4n) is 4.00. The topological polar surface area (TPSA) is 44.7 Å². The normalized spacial score (nSPS) is 16.4. The van der Waals surface area contributed by atoms with Gasteiger partial charge in [0.05, 0.1) is 26.4 Å². The Bertz CT molecular complexity index is 978. The largest absolute Gasteiger partial charge is 1.00 e. The van der Waals surface area contributed by atoms with E-state index in [2.05, 4.69) is 67.8 Å². The Balaban J connectivity index is 0.00000153. The van der Waals surface area contributed by atoms with E-state index in [1.165, 1.54) is 11.1 Å². The number of ether oxygens (including phenoxy) is 4. The summed E-state index contributed by atoms with van der Waals surface area (Å²) in [6, 6.07) is 18.6. The lowest BCUT2D eigenvalue weighted by atomic mass is 10.1. The molecule has 0 amide bonds. The van der Waals surface area contributed by atoms with E-state index in [0.29, 0.717) is 26.4 Å². The van der Waals surface area contributed by atoms with Crippen molar-refractivity contribution in [3.8, 4) is 0 Å². The Labute approximate surface area is 223 Å². The standard InChI is InChI=1S/C24H25BrN2O4.2BrH/c25-22-18(16-26-10-3-1-8-20(26)23-28-12-13-29-23)6-5-7-19(22)17-27-11-4-2-9-21(27)24-30-14-15-31-24;;/h1-11,23-24H,12-17H2;2*1H/q+2;;/p-2. The number of halogens is 3. The summed E-state index contributed by atoms with van der Waals surface area (Å²) in [6.45, 7) is 3.95. The summed E-state index contributed by atoms with van der Waals surface area (Å²) in [4.78, 5) is 0. The van der Waals surface area contributed by atoms with Gasteiger partial charge in [0.25, 0.3) is 0 Å². The molecule has 0 N–H and O–H groups in total. The van der Waals surface area contributed by atoms with Crippen LogP contribution in [0.5, 0.6) is 0 Å². The van der Waals surface area contributed by atoms with Crippen LogP contribution < -0.4 is 43.1 Å². The Hall–Kier alpha value is -1.20. The van der Waals surface area contributed by atoms with Crippen molar-refractivity contribution in [3.05, 3.63) is 94.0 Å². The minimum absolute atomic E-state index is 0. The van der Waals surface area contributed by atoms with Crippen LogP contribution in [0.4, 0.5) is 0 Å². The third-order valence-electron chi connectivity index (χ3n) is 5.52. The lowest BCUT2D eigenvalue weighted by molar-refractivity contribution is -0.703. The Morgan fingerprint density at radius 3 is 1.48 bits per heavy atom. The van der Waals surface area contributed by atoms with Crippen molar-refractivity contribution in [1.29, 1.82) is 0 Å². The minimum Gasteiger partial charge on any atom is -1.00 e. The zero-order chi connectivity index (χ0) is 21.0. The van der Waals surface area contributed by atoms with Crippen molar-refractivity contribution < 1.29 is 62.0 Å². The van der Waals surface area contributed by atoms with Gasteiger partial charge in [-0.15, -0.1) is 0 Å². The molecule has 0 spiro atoms. The maximum absolute atomic E-state index is 5.73. The molecule has 0 atom stereocenters. The monoisotopic (exact) mass is 642 g/mol. The molecule has 2 fully saturated rings. The molecule has 176 valence electrons. The predicted molar refractivity (Wildman–Crippen MR) is 115 cm³/mol. The molecular formula is C24H25Br3N2O4. The molecule has 5 rings (SSSR count). The van der Waals surface area contributed by atoms with Crippen LogP contribution in [0.15, 0.2) is 71.5 Å². The van der Waals surface area contributed by atoms with Gasteiger partial charge < -0.3 is 52.9 Å². The molecule has 0 unspecified atom stereocenters. The molecule has 0 radical (unpaired) electrons. The lowest BCUT2D eigenvalue weighted by Gasteiger charge is -2.12. The average molecular weight is 645 g/mol. The van der Waals surface area contributed by atoms with E-state index in [1.54, 1.807) is 0 Å². The van der Waals surface area contributed by atoms with Gasteiger partial charge in [-0.3, -0.25) is 0 Å². The van der Waals surface area contributed by atoms with Crippen LogP contribution in [-0.2, 0) is 32.0 Å². The molecule has 6 nitrogen and oxygen atoms in total. The second-order valence-electron chi connectivity index (χ2n) is 7.54. The predicted octanol–water partition coefficient (Wildman–Crippen LogP) is -2.78. The van der Waals surface area contributed by atoms with Crippen molar-refractivity contribution in [1.82, 2.24) is 0 Å². The van der Waals surface area contributed by atoms with Crippen LogP contribution in [-0.4, -0.2) is 26.4 Å². The van der Waals surface area contributed by atoms with Gasteiger partial charge in [-0.05, 0) is 28.1 Å². The van der Waals surface area contributed by atoms with Crippen LogP contribution in [0, 0.1) is 0 Å². The quantitative estimate of drug-likeness (QED) is 0.273. The Morgan fingerprint density at radius 2 is 1.06 bits per heavy atom. The second-order valence-corrected chi connectivity index (χ2v) is 8.34. The molecule has 4 heterocycles. The average Bonchev–Trinajstić information content (AvgIpc) is 3.52. The van der Waals surface area contributed by atoms with Crippen molar-refractivity contribution >= 4 is 15.9 Å². The highest BCUT2D eigenvalue weighted by atomic mass is 79.9. The van der Waals surface area contributed by atoms with Crippen molar-refractivity contribution in [3.63, 3.8) is 0 Å². The molecule has 2 aromatic heterocycles. The van der Waals surface area contributed by atoms with E-state index in [-0.39, 0.29) is 46.5 Å².